The molecule has 0 fully saturated rings. The average Bonchev–Trinajstić information content (AvgIpc) is 2.89. The lowest BCUT2D eigenvalue weighted by Gasteiger charge is -2.16. The maximum Gasteiger partial charge on any atom is 0.416 e. The van der Waals surface area contributed by atoms with Crippen LogP contribution in [0, 0.1) is 10.1 Å². The summed E-state index contributed by atoms with van der Waals surface area (Å²) in [6.07, 6.45) is -6.20. The summed E-state index contributed by atoms with van der Waals surface area (Å²) in [6, 6.07) is 9.88. The van der Waals surface area contributed by atoms with Crippen molar-refractivity contribution in [1.29, 1.82) is 0 Å². The van der Waals surface area contributed by atoms with Crippen LogP contribution in [0.2, 0.25) is 5.02 Å². The maximum absolute atomic E-state index is 13.0. The number of carbonyl (C=O) groups excluding carboxylic acids is 2. The molecule has 0 saturated heterocycles. The summed E-state index contributed by atoms with van der Waals surface area (Å²) in [6.45, 7) is 1.20. The first kappa shape index (κ1) is 30.2. The van der Waals surface area contributed by atoms with Crippen LogP contribution in [0.3, 0.4) is 0 Å². The van der Waals surface area contributed by atoms with Crippen molar-refractivity contribution in [3.05, 3.63) is 86.9 Å². The minimum atomic E-state index is -4.75. The molecule has 1 amide bonds. The zero-order chi connectivity index (χ0) is 29.8. The first-order valence-corrected chi connectivity index (χ1v) is 12.8. The van der Waals surface area contributed by atoms with Crippen molar-refractivity contribution < 1.29 is 45.6 Å². The highest BCUT2D eigenvalue weighted by atomic mass is 35.5. The molecule has 3 aromatic rings. The zero-order valence-electron chi connectivity index (χ0n) is 20.5. The molecule has 3 rings (SSSR count). The Bertz CT molecular complexity index is 1580. The second kappa shape index (κ2) is 11.8. The number of nitro benzene ring substituents is 1. The standard InChI is InChI=1S/C24H19ClF3N3O8S/c1-13(22(32)29-20-12-16(31(34)35)7-9-21(20)38-2)39-23(33)14-4-3-5-17(10-14)40(36,37)30-19-11-15(24(26,27)28)6-8-18(19)25/h3-13,30H,1-2H3,(H,29,32). The molecule has 0 heterocycles. The molecule has 0 bridgehead atoms. The monoisotopic (exact) mass is 601 g/mol. The van der Waals surface area contributed by atoms with E-state index in [4.69, 9.17) is 21.1 Å². The second-order valence-electron chi connectivity index (χ2n) is 8.00. The zero-order valence-corrected chi connectivity index (χ0v) is 22.1. The number of esters is 1. The summed E-state index contributed by atoms with van der Waals surface area (Å²) in [5, 5.41) is 13.1. The number of ether oxygens (including phenoxy) is 2. The molecule has 1 unspecified atom stereocenters. The highest BCUT2D eigenvalue weighted by Crippen LogP contribution is 2.35. The molecule has 0 saturated carbocycles. The molecule has 1 atom stereocenters. The van der Waals surface area contributed by atoms with Gasteiger partial charge in [-0.25, -0.2) is 13.2 Å². The lowest BCUT2D eigenvalue weighted by Crippen LogP contribution is -2.30. The molecule has 0 aliphatic carbocycles. The van der Waals surface area contributed by atoms with Crippen molar-refractivity contribution in [3.8, 4) is 5.75 Å². The fraction of sp³-hybridized carbons (Fsp3) is 0.167. The third-order valence-electron chi connectivity index (χ3n) is 5.22. The van der Waals surface area contributed by atoms with E-state index in [9.17, 15) is 41.3 Å². The SMILES string of the molecule is COc1ccc([N+](=O)[O-])cc1NC(=O)C(C)OC(=O)c1cccc(S(=O)(=O)Nc2cc(C(F)(F)F)ccc2Cl)c1. The molecule has 40 heavy (non-hydrogen) atoms. The van der Waals surface area contributed by atoms with Gasteiger partial charge in [0.2, 0.25) is 0 Å². The van der Waals surface area contributed by atoms with E-state index in [1.54, 1.807) is 0 Å². The van der Waals surface area contributed by atoms with Crippen LogP contribution in [0.15, 0.2) is 65.6 Å². The number of non-ortho nitro benzene ring substituents is 1. The van der Waals surface area contributed by atoms with E-state index in [2.05, 4.69) is 5.32 Å². The molecule has 11 nitrogen and oxygen atoms in total. The number of methoxy groups -OCH3 is 1. The Hall–Kier alpha value is -4.37. The molecular weight excluding hydrogens is 583 g/mol. The van der Waals surface area contributed by atoms with E-state index in [-0.39, 0.29) is 27.7 Å². The van der Waals surface area contributed by atoms with Gasteiger partial charge < -0.3 is 14.8 Å². The molecular formula is C24H19ClF3N3O8S. The van der Waals surface area contributed by atoms with Crippen molar-refractivity contribution >= 4 is 50.6 Å². The summed E-state index contributed by atoms with van der Waals surface area (Å²) in [4.78, 5) is 35.1. The molecule has 0 radical (unpaired) electrons. The van der Waals surface area contributed by atoms with Crippen LogP contribution in [-0.2, 0) is 25.7 Å². The third-order valence-corrected chi connectivity index (χ3v) is 6.92. The fourth-order valence-electron chi connectivity index (χ4n) is 3.20. The topological polar surface area (TPSA) is 154 Å². The normalized spacial score (nSPS) is 12.2. The number of rotatable bonds is 9. The number of hydrogen-bond acceptors (Lipinski definition) is 8. The number of benzene rings is 3. The Balaban J connectivity index is 1.76. The van der Waals surface area contributed by atoms with Gasteiger partial charge in [0.1, 0.15) is 5.75 Å². The largest absolute Gasteiger partial charge is 0.495 e. The van der Waals surface area contributed by atoms with Crippen LogP contribution in [0.1, 0.15) is 22.8 Å². The average molecular weight is 602 g/mol. The summed E-state index contributed by atoms with van der Waals surface area (Å²) >= 11 is 5.86. The Morgan fingerprint density at radius 1 is 1.05 bits per heavy atom. The molecule has 0 aliphatic rings. The number of carbonyl (C=O) groups is 2. The number of anilines is 2. The predicted octanol–water partition coefficient (Wildman–Crippen LogP) is 5.26. The van der Waals surface area contributed by atoms with Crippen molar-refractivity contribution in [3.63, 3.8) is 0 Å². The minimum absolute atomic E-state index is 0.0583. The van der Waals surface area contributed by atoms with E-state index in [0.29, 0.717) is 12.1 Å². The van der Waals surface area contributed by atoms with Crippen LogP contribution in [0.5, 0.6) is 5.75 Å². The third kappa shape index (κ3) is 7.18. The number of halogens is 4. The van der Waals surface area contributed by atoms with Crippen molar-refractivity contribution in [2.75, 3.05) is 17.1 Å². The van der Waals surface area contributed by atoms with E-state index in [1.165, 1.54) is 32.2 Å². The van der Waals surface area contributed by atoms with Gasteiger partial charge in [0, 0.05) is 12.1 Å². The Morgan fingerprint density at radius 2 is 1.75 bits per heavy atom. The molecule has 0 aliphatic heterocycles. The summed E-state index contributed by atoms with van der Waals surface area (Å²) < 4.78 is 76.9. The summed E-state index contributed by atoms with van der Waals surface area (Å²) in [7, 11) is -3.24. The number of hydrogen-bond donors (Lipinski definition) is 2. The van der Waals surface area contributed by atoms with Crippen LogP contribution in [0.25, 0.3) is 0 Å². The van der Waals surface area contributed by atoms with Crippen LogP contribution < -0.4 is 14.8 Å². The Morgan fingerprint density at radius 3 is 2.38 bits per heavy atom. The van der Waals surface area contributed by atoms with Gasteiger partial charge in [0.05, 0.1) is 44.5 Å². The Kier molecular flexibility index (Phi) is 8.90. The van der Waals surface area contributed by atoms with Gasteiger partial charge in [-0.2, -0.15) is 13.2 Å². The van der Waals surface area contributed by atoms with Crippen LogP contribution in [0.4, 0.5) is 30.2 Å². The lowest BCUT2D eigenvalue weighted by molar-refractivity contribution is -0.384. The smallest absolute Gasteiger partial charge is 0.416 e. The second-order valence-corrected chi connectivity index (χ2v) is 10.1. The molecule has 0 spiro atoms. The van der Waals surface area contributed by atoms with Gasteiger partial charge in [-0.15, -0.1) is 0 Å². The maximum atomic E-state index is 13.0. The van der Waals surface area contributed by atoms with E-state index >= 15 is 0 Å². The summed E-state index contributed by atoms with van der Waals surface area (Å²) in [5.41, 5.74) is -2.37. The van der Waals surface area contributed by atoms with E-state index < -0.39 is 55.2 Å². The lowest BCUT2D eigenvalue weighted by atomic mass is 10.2. The highest BCUT2D eigenvalue weighted by molar-refractivity contribution is 7.92. The van der Waals surface area contributed by atoms with Gasteiger partial charge in [0.25, 0.3) is 21.6 Å². The number of nitro groups is 1. The van der Waals surface area contributed by atoms with Gasteiger partial charge >= 0.3 is 12.1 Å². The number of nitrogens with zero attached hydrogens (tertiary/aromatic N) is 1. The van der Waals surface area contributed by atoms with E-state index in [1.807, 2.05) is 4.72 Å². The number of alkyl halides is 3. The predicted molar refractivity (Wildman–Crippen MR) is 137 cm³/mol. The first-order chi connectivity index (χ1) is 18.6. The fourth-order valence-corrected chi connectivity index (χ4v) is 4.53. The number of sulfonamides is 1. The molecule has 16 heteroatoms. The van der Waals surface area contributed by atoms with Crippen molar-refractivity contribution in [2.24, 2.45) is 0 Å². The van der Waals surface area contributed by atoms with Gasteiger partial charge in [-0.05, 0) is 49.4 Å². The van der Waals surface area contributed by atoms with E-state index in [0.717, 1.165) is 30.3 Å². The Labute approximate surface area is 230 Å². The molecule has 212 valence electrons. The van der Waals surface area contributed by atoms with Crippen LogP contribution >= 0.6 is 11.6 Å². The molecule has 3 aromatic carbocycles. The van der Waals surface area contributed by atoms with Gasteiger partial charge in [-0.3, -0.25) is 19.6 Å². The molecule has 2 N–H and O–H groups in total. The van der Waals surface area contributed by atoms with Crippen molar-refractivity contribution in [2.45, 2.75) is 24.1 Å². The summed E-state index contributed by atoms with van der Waals surface area (Å²) in [5.74, 6) is -1.89. The minimum Gasteiger partial charge on any atom is -0.495 e. The molecule has 0 aromatic heterocycles. The van der Waals surface area contributed by atoms with Gasteiger partial charge in [0.15, 0.2) is 6.10 Å². The van der Waals surface area contributed by atoms with Crippen molar-refractivity contribution in [1.82, 2.24) is 0 Å². The number of amides is 1. The number of nitrogens with one attached hydrogen (secondary N) is 2. The first-order valence-electron chi connectivity index (χ1n) is 11.0. The quantitative estimate of drug-likeness (QED) is 0.191. The van der Waals surface area contributed by atoms with Crippen LogP contribution in [-0.4, -0.2) is 38.4 Å². The highest BCUT2D eigenvalue weighted by Gasteiger charge is 2.31. The van der Waals surface area contributed by atoms with Gasteiger partial charge in [-0.1, -0.05) is 17.7 Å².